The Balaban J connectivity index is 1.46. The second kappa shape index (κ2) is 11.2. The topological polar surface area (TPSA) is 133 Å². The van der Waals surface area contributed by atoms with E-state index in [1.54, 1.807) is 49.8 Å². The lowest BCUT2D eigenvalue weighted by Crippen LogP contribution is -2.33. The van der Waals surface area contributed by atoms with Gasteiger partial charge in [-0.05, 0) is 55.3 Å². The quantitative estimate of drug-likeness (QED) is 0.294. The number of amides is 1. The average molecular weight is 569 g/mol. The molecule has 0 unspecified atom stereocenters. The van der Waals surface area contributed by atoms with Crippen molar-refractivity contribution in [1.82, 2.24) is 34.4 Å². The first-order chi connectivity index (χ1) is 20.8. The maximum atomic E-state index is 14.2. The highest BCUT2D eigenvalue weighted by molar-refractivity contribution is 6.04. The van der Waals surface area contributed by atoms with Crippen molar-refractivity contribution in [2.24, 2.45) is 0 Å². The van der Waals surface area contributed by atoms with Crippen LogP contribution in [0.15, 0.2) is 90.1 Å². The molecule has 0 saturated carbocycles. The number of nitrogens with zero attached hydrogens (tertiary/aromatic N) is 6. The van der Waals surface area contributed by atoms with Gasteiger partial charge in [0.05, 0.1) is 22.6 Å². The molecule has 4 heterocycles. The SMILES string of the molecule is CC(C)c1ccn2nc(N)c(C(=O)N[C@H](C)c3nc4cccc(C#Cc5ccncc5)c4c(=O)n3-c3ccccc3)c2n1. The van der Waals surface area contributed by atoms with Crippen LogP contribution in [0.2, 0.25) is 0 Å². The summed E-state index contributed by atoms with van der Waals surface area (Å²) >= 11 is 0. The molecule has 1 atom stereocenters. The molecule has 3 N–H and O–H groups in total. The Morgan fingerprint density at radius 1 is 0.930 bits per heavy atom. The third-order valence-electron chi connectivity index (χ3n) is 7.05. The van der Waals surface area contributed by atoms with Crippen molar-refractivity contribution in [3.63, 3.8) is 0 Å². The predicted octanol–water partition coefficient (Wildman–Crippen LogP) is 4.42. The monoisotopic (exact) mass is 568 g/mol. The van der Waals surface area contributed by atoms with Crippen LogP contribution in [0.4, 0.5) is 5.82 Å². The summed E-state index contributed by atoms with van der Waals surface area (Å²) in [6.45, 7) is 5.81. The fraction of sp³-hybridized carbons (Fsp3) is 0.152. The number of nitrogens with two attached hydrogens (primary N) is 1. The van der Waals surface area contributed by atoms with Gasteiger partial charge in [0, 0.05) is 35.4 Å². The Labute approximate surface area is 247 Å². The molecule has 1 amide bonds. The fourth-order valence-corrected chi connectivity index (χ4v) is 4.88. The minimum Gasteiger partial charge on any atom is -0.381 e. The van der Waals surface area contributed by atoms with E-state index in [1.165, 1.54) is 9.08 Å². The number of pyridine rings is 1. The molecule has 6 rings (SSSR count). The second-order valence-electron chi connectivity index (χ2n) is 10.4. The second-order valence-corrected chi connectivity index (χ2v) is 10.4. The molecule has 2 aromatic carbocycles. The molecular formula is C33H28N8O2. The van der Waals surface area contributed by atoms with Gasteiger partial charge < -0.3 is 11.1 Å². The zero-order valence-corrected chi connectivity index (χ0v) is 23.8. The maximum absolute atomic E-state index is 14.2. The highest BCUT2D eigenvalue weighted by Gasteiger charge is 2.25. The number of para-hydroxylation sites is 1. The van der Waals surface area contributed by atoms with Crippen LogP contribution < -0.4 is 16.6 Å². The third-order valence-corrected chi connectivity index (χ3v) is 7.05. The van der Waals surface area contributed by atoms with Crippen LogP contribution in [0.1, 0.15) is 65.7 Å². The number of anilines is 1. The summed E-state index contributed by atoms with van der Waals surface area (Å²) < 4.78 is 3.00. The van der Waals surface area contributed by atoms with Crippen molar-refractivity contribution in [1.29, 1.82) is 0 Å². The van der Waals surface area contributed by atoms with Gasteiger partial charge in [-0.25, -0.2) is 14.5 Å². The molecule has 0 aliphatic heterocycles. The lowest BCUT2D eigenvalue weighted by atomic mass is 10.1. The van der Waals surface area contributed by atoms with E-state index in [4.69, 9.17) is 10.7 Å². The molecule has 0 aliphatic rings. The minimum atomic E-state index is -0.695. The van der Waals surface area contributed by atoms with Gasteiger partial charge in [-0.1, -0.05) is 50.0 Å². The summed E-state index contributed by atoms with van der Waals surface area (Å²) in [6.07, 6.45) is 5.07. The summed E-state index contributed by atoms with van der Waals surface area (Å²) in [5.74, 6) is 6.31. The molecule has 0 bridgehead atoms. The van der Waals surface area contributed by atoms with Gasteiger partial charge in [-0.2, -0.15) is 0 Å². The molecule has 10 nitrogen and oxygen atoms in total. The standard InChI is InChI=1S/C33H28N8O2/c1-20(2)25-16-19-40-31(37-25)28(29(34)39-40)32(42)36-21(3)30-38-26-11-7-8-23(13-12-22-14-17-35-18-15-22)27(26)33(43)41(30)24-9-5-4-6-10-24/h4-11,14-21H,1-3H3,(H2,34,39)(H,36,42)/t21-/m1/s1. The number of hydrogen-bond acceptors (Lipinski definition) is 7. The predicted molar refractivity (Wildman–Crippen MR) is 165 cm³/mol. The van der Waals surface area contributed by atoms with E-state index in [-0.39, 0.29) is 22.9 Å². The molecule has 0 saturated heterocycles. The maximum Gasteiger partial charge on any atom is 0.267 e. The van der Waals surface area contributed by atoms with Crippen molar-refractivity contribution in [2.45, 2.75) is 32.7 Å². The van der Waals surface area contributed by atoms with Crippen LogP contribution in [0.25, 0.3) is 22.2 Å². The number of nitrogen functional groups attached to an aromatic ring is 1. The van der Waals surface area contributed by atoms with E-state index in [0.29, 0.717) is 33.6 Å². The highest BCUT2D eigenvalue weighted by Crippen LogP contribution is 2.23. The summed E-state index contributed by atoms with van der Waals surface area (Å²) in [7, 11) is 0. The van der Waals surface area contributed by atoms with Gasteiger partial charge >= 0.3 is 0 Å². The fourth-order valence-electron chi connectivity index (χ4n) is 4.88. The van der Waals surface area contributed by atoms with Crippen molar-refractivity contribution in [3.05, 3.63) is 124 Å². The van der Waals surface area contributed by atoms with Gasteiger partial charge in [0.25, 0.3) is 11.5 Å². The molecule has 4 aromatic heterocycles. The Kier molecular flexibility index (Phi) is 7.14. The molecule has 10 heteroatoms. The number of carbonyl (C=O) groups excluding carboxylic acids is 1. The van der Waals surface area contributed by atoms with E-state index in [1.807, 2.05) is 56.3 Å². The van der Waals surface area contributed by atoms with E-state index in [2.05, 4.69) is 32.2 Å². The molecular weight excluding hydrogens is 540 g/mol. The molecule has 212 valence electrons. The Morgan fingerprint density at radius 2 is 1.70 bits per heavy atom. The largest absolute Gasteiger partial charge is 0.381 e. The van der Waals surface area contributed by atoms with E-state index >= 15 is 0 Å². The molecule has 0 aliphatic carbocycles. The highest BCUT2D eigenvalue weighted by atomic mass is 16.2. The summed E-state index contributed by atoms with van der Waals surface area (Å²) in [4.78, 5) is 41.4. The number of hydrogen-bond donors (Lipinski definition) is 2. The summed E-state index contributed by atoms with van der Waals surface area (Å²) in [5, 5.41) is 7.62. The van der Waals surface area contributed by atoms with Crippen molar-refractivity contribution in [3.8, 4) is 17.5 Å². The van der Waals surface area contributed by atoms with Crippen LogP contribution in [0, 0.1) is 11.8 Å². The zero-order chi connectivity index (χ0) is 30.1. The van der Waals surface area contributed by atoms with Crippen molar-refractivity contribution in [2.75, 3.05) is 5.73 Å². The first kappa shape index (κ1) is 27.4. The zero-order valence-electron chi connectivity index (χ0n) is 23.8. The summed E-state index contributed by atoms with van der Waals surface area (Å²) in [6, 6.07) is 19.3. The third kappa shape index (κ3) is 5.20. The van der Waals surface area contributed by atoms with E-state index in [0.717, 1.165) is 11.3 Å². The number of carbonyl (C=O) groups is 1. The van der Waals surface area contributed by atoms with Gasteiger partial charge in [0.1, 0.15) is 11.4 Å². The average Bonchev–Trinajstić information content (AvgIpc) is 3.35. The van der Waals surface area contributed by atoms with Crippen LogP contribution >= 0.6 is 0 Å². The van der Waals surface area contributed by atoms with E-state index in [9.17, 15) is 9.59 Å². The number of benzene rings is 2. The van der Waals surface area contributed by atoms with Crippen molar-refractivity contribution < 1.29 is 4.79 Å². The number of rotatable bonds is 5. The normalized spacial score (nSPS) is 11.8. The number of aromatic nitrogens is 6. The molecule has 0 fully saturated rings. The minimum absolute atomic E-state index is 0.0578. The van der Waals surface area contributed by atoms with Crippen LogP contribution in [-0.4, -0.2) is 35.0 Å². The lowest BCUT2D eigenvalue weighted by Gasteiger charge is -2.20. The summed E-state index contributed by atoms with van der Waals surface area (Å²) in [5.41, 5.74) is 9.61. The molecule has 43 heavy (non-hydrogen) atoms. The Hall–Kier alpha value is -5.82. The van der Waals surface area contributed by atoms with Crippen LogP contribution in [0.3, 0.4) is 0 Å². The van der Waals surface area contributed by atoms with Gasteiger partial charge in [0.2, 0.25) is 0 Å². The first-order valence-electron chi connectivity index (χ1n) is 13.8. The van der Waals surface area contributed by atoms with E-state index < -0.39 is 11.9 Å². The smallest absolute Gasteiger partial charge is 0.267 e. The number of nitrogens with one attached hydrogen (secondary N) is 1. The lowest BCUT2D eigenvalue weighted by molar-refractivity contribution is 0.0940. The molecule has 0 radical (unpaired) electrons. The van der Waals surface area contributed by atoms with Crippen LogP contribution in [0.5, 0.6) is 0 Å². The van der Waals surface area contributed by atoms with Gasteiger partial charge in [-0.15, -0.1) is 5.10 Å². The van der Waals surface area contributed by atoms with Crippen LogP contribution in [-0.2, 0) is 0 Å². The Bertz CT molecular complexity index is 2110. The van der Waals surface area contributed by atoms with Crippen molar-refractivity contribution >= 4 is 28.3 Å². The first-order valence-corrected chi connectivity index (χ1v) is 13.8. The Morgan fingerprint density at radius 3 is 2.44 bits per heavy atom. The van der Waals surface area contributed by atoms with Gasteiger partial charge in [0.15, 0.2) is 11.5 Å². The van der Waals surface area contributed by atoms with Gasteiger partial charge in [-0.3, -0.25) is 19.1 Å². The molecule has 0 spiro atoms. The molecule has 6 aromatic rings. The number of fused-ring (bicyclic) bond motifs is 2.